The summed E-state index contributed by atoms with van der Waals surface area (Å²) in [5.41, 5.74) is 3.71. The molecule has 16 heteroatoms. The maximum atomic E-state index is 13.6. The molecular weight excluding hydrogens is 727 g/mol. The second-order valence-electron chi connectivity index (χ2n) is 15.5. The van der Waals surface area contributed by atoms with Crippen LogP contribution in [0.5, 0.6) is 5.75 Å². The van der Waals surface area contributed by atoms with Crippen molar-refractivity contribution in [3.8, 4) is 5.75 Å². The predicted octanol–water partition coefficient (Wildman–Crippen LogP) is 4.77. The first kappa shape index (κ1) is 35.1. The fourth-order valence-corrected chi connectivity index (χ4v) is 8.54. The lowest BCUT2D eigenvalue weighted by Gasteiger charge is -2.36. The number of piperidine rings is 2. The zero-order valence-corrected chi connectivity index (χ0v) is 31.4. The summed E-state index contributed by atoms with van der Waals surface area (Å²) in [6.07, 6.45) is 13.1. The van der Waals surface area contributed by atoms with Crippen molar-refractivity contribution >= 4 is 62.7 Å². The highest BCUT2D eigenvalue weighted by atomic mass is 16.5. The largest absolute Gasteiger partial charge is 0.490 e. The van der Waals surface area contributed by atoms with Crippen molar-refractivity contribution in [3.05, 3.63) is 78.9 Å². The Morgan fingerprint density at radius 1 is 0.912 bits per heavy atom. The fraction of sp³-hybridized carbons (Fsp3) is 0.390. The molecule has 3 saturated heterocycles. The standard InChI is InChI=1S/C41H43N11O5/c53-38-13-20-50(41(56)45-38)34-4-1-3-33-30(34)12-19-49(33)27-8-15-47(16-9-27)25-39(54)48-17-10-28(11-18-48)51-24-26-21-31(35(22-32(26)46-51)57-29-6-7-29)40(55)44-37-23-42-36-5-2-14-43-52(36)37/h1-5,12,14,19,21-24,27-29H,6-11,13,15-18,20,25H2,(H,44,55)(H,45,53,56). The Kier molecular flexibility index (Phi) is 8.84. The summed E-state index contributed by atoms with van der Waals surface area (Å²) in [5.74, 6) is 0.595. The second kappa shape index (κ2) is 14.3. The SMILES string of the molecule is O=C1CCN(c2cccc3c2ccn3C2CCN(CC(=O)N3CCC(n4cc5cc(C(=O)Nc6cnc7cccnn67)c(OC6CC6)cc5n4)CC3)CC2)C(=O)N1. The zero-order valence-electron chi connectivity index (χ0n) is 31.4. The van der Waals surface area contributed by atoms with Crippen LogP contribution in [0.3, 0.4) is 0 Å². The zero-order chi connectivity index (χ0) is 38.6. The number of anilines is 2. The lowest BCUT2D eigenvalue weighted by atomic mass is 10.0. The Bertz CT molecular complexity index is 2540. The van der Waals surface area contributed by atoms with Crippen molar-refractivity contribution in [2.75, 3.05) is 49.5 Å². The number of fused-ring (bicyclic) bond motifs is 3. The fourth-order valence-electron chi connectivity index (χ4n) is 8.54. The number of urea groups is 1. The van der Waals surface area contributed by atoms with Crippen LogP contribution in [0.25, 0.3) is 27.5 Å². The Hall–Kier alpha value is -6.29. The van der Waals surface area contributed by atoms with E-state index in [1.54, 1.807) is 27.9 Å². The van der Waals surface area contributed by atoms with Crippen LogP contribution in [-0.4, -0.2) is 108 Å². The molecule has 4 aromatic heterocycles. The highest BCUT2D eigenvalue weighted by Crippen LogP contribution is 2.35. The van der Waals surface area contributed by atoms with Gasteiger partial charge < -0.3 is 19.5 Å². The van der Waals surface area contributed by atoms with E-state index in [0.717, 1.165) is 79.1 Å². The number of likely N-dealkylation sites (tertiary alicyclic amines) is 2. The normalized spacial score (nSPS) is 18.8. The summed E-state index contributed by atoms with van der Waals surface area (Å²) in [6.45, 7) is 3.74. The van der Waals surface area contributed by atoms with Gasteiger partial charge in [-0.05, 0) is 74.9 Å². The first-order valence-electron chi connectivity index (χ1n) is 19.9. The molecule has 5 amide bonds. The van der Waals surface area contributed by atoms with Crippen molar-refractivity contribution in [3.63, 3.8) is 0 Å². The van der Waals surface area contributed by atoms with E-state index in [1.807, 2.05) is 46.1 Å². The van der Waals surface area contributed by atoms with Gasteiger partial charge in [-0.25, -0.2) is 9.78 Å². The van der Waals surface area contributed by atoms with E-state index in [2.05, 4.69) is 48.5 Å². The molecule has 0 radical (unpaired) electrons. The van der Waals surface area contributed by atoms with Gasteiger partial charge in [-0.15, -0.1) is 0 Å². The summed E-state index contributed by atoms with van der Waals surface area (Å²) >= 11 is 0. The molecule has 16 nitrogen and oxygen atoms in total. The highest BCUT2D eigenvalue weighted by molar-refractivity contribution is 6.10. The van der Waals surface area contributed by atoms with Crippen molar-refractivity contribution < 1.29 is 23.9 Å². The molecule has 292 valence electrons. The number of rotatable bonds is 9. The van der Waals surface area contributed by atoms with Crippen LogP contribution in [0.2, 0.25) is 0 Å². The summed E-state index contributed by atoms with van der Waals surface area (Å²) < 4.78 is 12.1. The number of benzene rings is 2. The Morgan fingerprint density at radius 3 is 2.54 bits per heavy atom. The first-order chi connectivity index (χ1) is 27.8. The third-order valence-electron chi connectivity index (χ3n) is 11.8. The van der Waals surface area contributed by atoms with Crippen LogP contribution in [-0.2, 0) is 9.59 Å². The number of nitrogens with one attached hydrogen (secondary N) is 2. The van der Waals surface area contributed by atoms with Crippen molar-refractivity contribution in [1.82, 2.24) is 44.1 Å². The molecule has 1 aliphatic carbocycles. The molecule has 4 fully saturated rings. The van der Waals surface area contributed by atoms with Crippen LogP contribution in [0.15, 0.2) is 73.3 Å². The van der Waals surface area contributed by atoms with Crippen LogP contribution < -0.4 is 20.3 Å². The van der Waals surface area contributed by atoms with Gasteiger partial charge in [0.15, 0.2) is 11.5 Å². The number of aromatic nitrogens is 6. The van der Waals surface area contributed by atoms with E-state index in [-0.39, 0.29) is 48.4 Å². The highest BCUT2D eigenvalue weighted by Gasteiger charge is 2.31. The average Bonchev–Trinajstić information content (AvgIpc) is 3.58. The number of imidazole rings is 1. The molecule has 3 aliphatic heterocycles. The van der Waals surface area contributed by atoms with Gasteiger partial charge in [0.25, 0.3) is 5.91 Å². The average molecular weight is 770 g/mol. The van der Waals surface area contributed by atoms with Gasteiger partial charge in [0, 0.05) is 80.6 Å². The van der Waals surface area contributed by atoms with Gasteiger partial charge in [0.05, 0.1) is 47.2 Å². The van der Waals surface area contributed by atoms with Crippen molar-refractivity contribution in [2.24, 2.45) is 0 Å². The topological polar surface area (TPSA) is 164 Å². The van der Waals surface area contributed by atoms with Gasteiger partial charge >= 0.3 is 6.03 Å². The van der Waals surface area contributed by atoms with Gasteiger partial charge in [-0.2, -0.15) is 14.7 Å². The van der Waals surface area contributed by atoms with E-state index in [0.29, 0.717) is 49.0 Å². The third-order valence-corrected chi connectivity index (χ3v) is 11.8. The first-order valence-corrected chi connectivity index (χ1v) is 19.9. The Balaban J connectivity index is 0.754. The molecule has 7 heterocycles. The summed E-state index contributed by atoms with van der Waals surface area (Å²) in [5, 5.41) is 16.4. The Labute approximate surface area is 327 Å². The van der Waals surface area contributed by atoms with E-state index in [1.165, 1.54) is 0 Å². The number of ether oxygens (including phenoxy) is 1. The minimum Gasteiger partial charge on any atom is -0.490 e. The quantitative estimate of drug-likeness (QED) is 0.211. The lowest BCUT2D eigenvalue weighted by Crippen LogP contribution is -2.49. The number of amides is 5. The van der Waals surface area contributed by atoms with Crippen LogP contribution in [0, 0.1) is 0 Å². The molecule has 0 atom stereocenters. The molecular formula is C41H43N11O5. The maximum absolute atomic E-state index is 13.6. The number of carbonyl (C=O) groups excluding carboxylic acids is 4. The molecule has 10 rings (SSSR count). The molecule has 2 aromatic carbocycles. The Morgan fingerprint density at radius 2 is 1.74 bits per heavy atom. The van der Waals surface area contributed by atoms with E-state index >= 15 is 0 Å². The molecule has 1 saturated carbocycles. The molecule has 4 aliphatic rings. The summed E-state index contributed by atoms with van der Waals surface area (Å²) in [6, 6.07) is 15.4. The second-order valence-corrected chi connectivity index (χ2v) is 15.5. The molecule has 0 unspecified atom stereocenters. The monoisotopic (exact) mass is 769 g/mol. The number of nitrogens with zero attached hydrogens (tertiary/aromatic N) is 9. The lowest BCUT2D eigenvalue weighted by molar-refractivity contribution is -0.134. The molecule has 57 heavy (non-hydrogen) atoms. The number of carbonyl (C=O) groups is 4. The van der Waals surface area contributed by atoms with Gasteiger partial charge in [0.1, 0.15) is 5.75 Å². The maximum Gasteiger partial charge on any atom is 0.328 e. The minimum absolute atomic E-state index is 0.0991. The number of hydrogen-bond acceptors (Lipinski definition) is 9. The molecule has 6 aromatic rings. The summed E-state index contributed by atoms with van der Waals surface area (Å²) in [4.78, 5) is 61.6. The number of hydrogen-bond donors (Lipinski definition) is 2. The van der Waals surface area contributed by atoms with Gasteiger partial charge in [-0.3, -0.25) is 34.2 Å². The molecule has 0 bridgehead atoms. The minimum atomic E-state index is -0.381. The molecule has 2 N–H and O–H groups in total. The van der Waals surface area contributed by atoms with Crippen LogP contribution in [0.4, 0.5) is 16.3 Å². The van der Waals surface area contributed by atoms with Crippen molar-refractivity contribution in [2.45, 2.75) is 63.1 Å². The van der Waals surface area contributed by atoms with Crippen molar-refractivity contribution in [1.29, 1.82) is 0 Å². The van der Waals surface area contributed by atoms with E-state index in [9.17, 15) is 19.2 Å². The molecule has 0 spiro atoms. The van der Waals surface area contributed by atoms with Crippen LogP contribution >= 0.6 is 0 Å². The smallest absolute Gasteiger partial charge is 0.328 e. The van der Waals surface area contributed by atoms with E-state index in [4.69, 9.17) is 9.84 Å². The third kappa shape index (κ3) is 6.83. The summed E-state index contributed by atoms with van der Waals surface area (Å²) in [7, 11) is 0. The van der Waals surface area contributed by atoms with Gasteiger partial charge in [0.2, 0.25) is 11.8 Å². The van der Waals surface area contributed by atoms with Crippen LogP contribution in [0.1, 0.15) is 67.4 Å². The predicted molar refractivity (Wildman–Crippen MR) is 211 cm³/mol. The van der Waals surface area contributed by atoms with E-state index < -0.39 is 0 Å². The van der Waals surface area contributed by atoms with Gasteiger partial charge in [-0.1, -0.05) is 6.07 Å². The number of imide groups is 1.